The van der Waals surface area contributed by atoms with Crippen LogP contribution in [0.5, 0.6) is 0 Å². The molecule has 0 saturated carbocycles. The molecule has 7 heteroatoms. The molecule has 0 aliphatic rings. The fourth-order valence-electron chi connectivity index (χ4n) is 1.48. The topological polar surface area (TPSA) is 107 Å². The van der Waals surface area contributed by atoms with Crippen molar-refractivity contribution in [2.24, 2.45) is 5.41 Å². The maximum atomic E-state index is 11.1. The van der Waals surface area contributed by atoms with Gasteiger partial charge in [0.1, 0.15) is 6.61 Å². The third kappa shape index (κ3) is 8.52. The predicted octanol–water partition coefficient (Wildman–Crippen LogP) is -0.683. The van der Waals surface area contributed by atoms with Gasteiger partial charge >= 0.3 is 11.9 Å². The summed E-state index contributed by atoms with van der Waals surface area (Å²) in [6.07, 6.45) is -0.369. The van der Waals surface area contributed by atoms with Crippen LogP contribution < -0.4 is 0 Å². The summed E-state index contributed by atoms with van der Waals surface area (Å²) in [6, 6.07) is 0. The number of hydrogen-bond donors (Lipinski definition) is 3. The molecule has 0 aromatic rings. The van der Waals surface area contributed by atoms with Crippen molar-refractivity contribution in [2.75, 3.05) is 40.0 Å². The van der Waals surface area contributed by atoms with Gasteiger partial charge in [0.15, 0.2) is 0 Å². The third-order valence-electron chi connectivity index (χ3n) is 2.69. The largest absolute Gasteiger partial charge is 0.481 e. The number of aliphatic carboxylic acids is 1. The molecule has 0 fully saturated rings. The van der Waals surface area contributed by atoms with Gasteiger partial charge in [-0.15, -0.1) is 0 Å². The molecule has 0 unspecified atom stereocenters. The maximum Gasteiger partial charge on any atom is 0.306 e. The molecule has 19 heavy (non-hydrogen) atoms. The van der Waals surface area contributed by atoms with E-state index >= 15 is 0 Å². The lowest BCUT2D eigenvalue weighted by atomic mass is 9.92. The highest BCUT2D eigenvalue weighted by molar-refractivity contribution is 5.76. The summed E-state index contributed by atoms with van der Waals surface area (Å²) in [5.41, 5.74) is -0.595. The molecule has 0 rings (SSSR count). The lowest BCUT2D eigenvalue weighted by molar-refractivity contribution is -0.148. The fourth-order valence-corrected chi connectivity index (χ4v) is 1.48. The van der Waals surface area contributed by atoms with Crippen LogP contribution in [-0.4, -0.2) is 72.1 Å². The molecule has 0 atom stereocenters. The number of likely N-dealkylation sites (N-methyl/N-ethyl adjacent to an activating group) is 1. The summed E-state index contributed by atoms with van der Waals surface area (Å²) >= 11 is 0. The number of hydrogen-bond acceptors (Lipinski definition) is 6. The molecule has 112 valence electrons. The highest BCUT2D eigenvalue weighted by atomic mass is 16.5. The number of carboxylic acids is 1. The molecule has 3 N–H and O–H groups in total. The Morgan fingerprint density at radius 3 is 2.26 bits per heavy atom. The molecule has 0 bridgehead atoms. The Balaban J connectivity index is 3.82. The second kappa shape index (κ2) is 8.84. The summed E-state index contributed by atoms with van der Waals surface area (Å²) in [6.45, 7) is 2.56. The third-order valence-corrected chi connectivity index (χ3v) is 2.69. The Morgan fingerprint density at radius 1 is 1.21 bits per heavy atom. The van der Waals surface area contributed by atoms with Crippen LogP contribution in [-0.2, 0) is 14.3 Å². The van der Waals surface area contributed by atoms with Crippen molar-refractivity contribution in [1.29, 1.82) is 0 Å². The minimum Gasteiger partial charge on any atom is -0.481 e. The van der Waals surface area contributed by atoms with Gasteiger partial charge in [0.05, 0.1) is 26.1 Å². The van der Waals surface area contributed by atoms with E-state index in [4.69, 9.17) is 20.1 Å². The summed E-state index contributed by atoms with van der Waals surface area (Å²) in [5.74, 6) is -1.57. The molecule has 0 aromatic heterocycles. The average Bonchev–Trinajstić information content (AvgIpc) is 2.36. The number of aliphatic hydroxyl groups excluding tert-OH is 2. The van der Waals surface area contributed by atoms with E-state index in [0.717, 1.165) is 0 Å². The minimum absolute atomic E-state index is 0.133. The van der Waals surface area contributed by atoms with Crippen LogP contribution in [0, 0.1) is 5.41 Å². The van der Waals surface area contributed by atoms with Crippen LogP contribution in [0.25, 0.3) is 0 Å². The normalized spacial score (nSPS) is 11.6. The molecule has 0 radical (unpaired) electrons. The first-order valence-corrected chi connectivity index (χ1v) is 6.10. The molecule has 0 saturated heterocycles. The fraction of sp³-hybridized carbons (Fsp3) is 0.833. The van der Waals surface area contributed by atoms with Gasteiger partial charge in [0, 0.05) is 18.5 Å². The van der Waals surface area contributed by atoms with Crippen LogP contribution in [0.2, 0.25) is 0 Å². The number of carbonyl (C=O) groups excluding carboxylic acids is 1. The quantitative estimate of drug-likeness (QED) is 0.454. The highest BCUT2D eigenvalue weighted by Gasteiger charge is 2.24. The van der Waals surface area contributed by atoms with Crippen molar-refractivity contribution in [1.82, 2.24) is 4.90 Å². The second-order valence-corrected chi connectivity index (χ2v) is 4.98. The van der Waals surface area contributed by atoms with E-state index in [1.165, 1.54) is 0 Å². The molecule has 7 nitrogen and oxygen atoms in total. The molecule has 0 aliphatic heterocycles. The number of esters is 1. The van der Waals surface area contributed by atoms with Gasteiger partial charge in [0.2, 0.25) is 0 Å². The minimum atomic E-state index is -1.03. The van der Waals surface area contributed by atoms with Crippen molar-refractivity contribution in [3.63, 3.8) is 0 Å². The first kappa shape index (κ1) is 17.8. The van der Waals surface area contributed by atoms with Crippen molar-refractivity contribution in [3.8, 4) is 0 Å². The Bertz CT molecular complexity index is 290. The first-order valence-electron chi connectivity index (χ1n) is 6.10. The average molecular weight is 277 g/mol. The van der Waals surface area contributed by atoms with Gasteiger partial charge in [-0.25, -0.2) is 0 Å². The van der Waals surface area contributed by atoms with Crippen LogP contribution in [0.3, 0.4) is 0 Å². The monoisotopic (exact) mass is 277 g/mol. The highest BCUT2D eigenvalue weighted by Crippen LogP contribution is 2.15. The molecule has 0 aromatic carbocycles. The van der Waals surface area contributed by atoms with Crippen LogP contribution in [0.1, 0.15) is 19.8 Å². The zero-order valence-corrected chi connectivity index (χ0v) is 11.5. The number of carboxylic acid groups (broad SMARTS) is 1. The summed E-state index contributed by atoms with van der Waals surface area (Å²) < 4.78 is 4.88. The van der Waals surface area contributed by atoms with Gasteiger partial charge in [-0.05, 0) is 7.05 Å². The molecule has 0 aliphatic carbocycles. The van der Waals surface area contributed by atoms with Crippen LogP contribution >= 0.6 is 0 Å². The number of nitrogens with zero attached hydrogens (tertiary/aromatic N) is 1. The first-order chi connectivity index (χ1) is 8.83. The van der Waals surface area contributed by atoms with E-state index in [0.29, 0.717) is 13.1 Å². The maximum absolute atomic E-state index is 11.1. The van der Waals surface area contributed by atoms with Crippen molar-refractivity contribution < 1.29 is 29.6 Å². The molecule has 0 heterocycles. The predicted molar refractivity (Wildman–Crippen MR) is 67.6 cm³/mol. The lowest BCUT2D eigenvalue weighted by Gasteiger charge is -2.30. The zero-order chi connectivity index (χ0) is 14.9. The molecular formula is C12H23NO6. The zero-order valence-electron chi connectivity index (χ0n) is 11.5. The standard InChI is InChI=1S/C12H23NO6/c1-12(8-14,9-15)7-13(2)5-6-19-11(18)4-3-10(16)17/h14-15H,3-9H2,1-2H3,(H,16,17). The van der Waals surface area contributed by atoms with Crippen molar-refractivity contribution in [3.05, 3.63) is 0 Å². The second-order valence-electron chi connectivity index (χ2n) is 4.98. The van der Waals surface area contributed by atoms with E-state index in [1.807, 2.05) is 4.90 Å². The van der Waals surface area contributed by atoms with Crippen molar-refractivity contribution in [2.45, 2.75) is 19.8 Å². The van der Waals surface area contributed by atoms with E-state index < -0.39 is 17.4 Å². The van der Waals surface area contributed by atoms with E-state index in [-0.39, 0.29) is 32.7 Å². The number of ether oxygens (including phenoxy) is 1. The number of carbonyl (C=O) groups is 2. The molecule has 0 amide bonds. The van der Waals surface area contributed by atoms with Crippen LogP contribution in [0.4, 0.5) is 0 Å². The Kier molecular flexibility index (Phi) is 8.29. The summed E-state index contributed by atoms with van der Waals surface area (Å²) in [5, 5.41) is 26.7. The van der Waals surface area contributed by atoms with Gasteiger partial charge in [-0.2, -0.15) is 0 Å². The molecule has 0 spiro atoms. The van der Waals surface area contributed by atoms with E-state index in [9.17, 15) is 9.59 Å². The lowest BCUT2D eigenvalue weighted by Crippen LogP contribution is -2.40. The number of rotatable bonds is 10. The number of aliphatic hydroxyl groups is 2. The van der Waals surface area contributed by atoms with Gasteiger partial charge in [0.25, 0.3) is 0 Å². The van der Waals surface area contributed by atoms with E-state index in [2.05, 4.69) is 0 Å². The Labute approximate surface area is 112 Å². The van der Waals surface area contributed by atoms with Gasteiger partial charge in [-0.3, -0.25) is 9.59 Å². The summed E-state index contributed by atoms with van der Waals surface area (Å²) in [4.78, 5) is 23.2. The van der Waals surface area contributed by atoms with E-state index in [1.54, 1.807) is 14.0 Å². The smallest absolute Gasteiger partial charge is 0.306 e. The SMILES string of the molecule is CN(CCOC(=O)CCC(=O)O)CC(C)(CO)CO. The summed E-state index contributed by atoms with van der Waals surface area (Å²) in [7, 11) is 1.79. The Hall–Kier alpha value is -1.18. The van der Waals surface area contributed by atoms with Crippen LogP contribution in [0.15, 0.2) is 0 Å². The molecular weight excluding hydrogens is 254 g/mol. The van der Waals surface area contributed by atoms with Gasteiger partial charge < -0.3 is 25.0 Å². The van der Waals surface area contributed by atoms with Crippen molar-refractivity contribution >= 4 is 11.9 Å². The van der Waals surface area contributed by atoms with Gasteiger partial charge in [-0.1, -0.05) is 6.92 Å². The Morgan fingerprint density at radius 2 is 1.79 bits per heavy atom.